The number of carbonyl (C=O) groups is 2. The monoisotopic (exact) mass is 292 g/mol. The molecule has 2 N–H and O–H groups in total. The van der Waals surface area contributed by atoms with Gasteiger partial charge < -0.3 is 15.0 Å². The van der Waals surface area contributed by atoms with Gasteiger partial charge >= 0.3 is 5.97 Å². The minimum atomic E-state index is -0.874. The molecule has 1 aromatic heterocycles. The van der Waals surface area contributed by atoms with Gasteiger partial charge in [0.1, 0.15) is 0 Å². The summed E-state index contributed by atoms with van der Waals surface area (Å²) in [6.07, 6.45) is 1.26. The number of nitrogens with zero attached hydrogens (tertiary/aromatic N) is 1. The van der Waals surface area contributed by atoms with Crippen LogP contribution < -0.4 is 5.56 Å². The third-order valence-electron chi connectivity index (χ3n) is 3.79. The summed E-state index contributed by atoms with van der Waals surface area (Å²) in [5.41, 5.74) is 0.725. The number of aliphatic carboxylic acids is 1. The number of nitrogens with one attached hydrogen (secondary N) is 1. The number of amides is 1. The van der Waals surface area contributed by atoms with Crippen LogP contribution in [0.5, 0.6) is 0 Å². The van der Waals surface area contributed by atoms with Crippen molar-refractivity contribution in [3.8, 4) is 0 Å². The lowest BCUT2D eigenvalue weighted by molar-refractivity contribution is -0.143. The molecule has 1 amide bonds. The van der Waals surface area contributed by atoms with Crippen molar-refractivity contribution in [2.75, 3.05) is 13.1 Å². The van der Waals surface area contributed by atoms with Gasteiger partial charge in [0.2, 0.25) is 5.56 Å². The van der Waals surface area contributed by atoms with Crippen LogP contribution in [0.3, 0.4) is 0 Å². The Morgan fingerprint density at radius 3 is 2.71 bits per heavy atom. The Labute approximate surface area is 122 Å². The molecule has 1 saturated heterocycles. The summed E-state index contributed by atoms with van der Waals surface area (Å²) >= 11 is 0. The summed E-state index contributed by atoms with van der Waals surface area (Å²) < 4.78 is 0. The van der Waals surface area contributed by atoms with Crippen LogP contribution in [0.25, 0.3) is 0 Å². The molecule has 1 unspecified atom stereocenters. The first-order valence-corrected chi connectivity index (χ1v) is 7.15. The van der Waals surface area contributed by atoms with E-state index in [0.29, 0.717) is 30.6 Å². The highest BCUT2D eigenvalue weighted by atomic mass is 16.4. The lowest BCUT2D eigenvalue weighted by Gasteiger charge is -2.30. The summed E-state index contributed by atoms with van der Waals surface area (Å²) in [5.74, 6) is -1.55. The van der Waals surface area contributed by atoms with Crippen molar-refractivity contribution in [1.82, 2.24) is 9.88 Å². The molecule has 2 rings (SSSR count). The van der Waals surface area contributed by atoms with Gasteiger partial charge in [-0.25, -0.2) is 0 Å². The molecule has 1 aliphatic heterocycles. The number of pyridine rings is 1. The first-order chi connectivity index (χ1) is 9.88. The van der Waals surface area contributed by atoms with Gasteiger partial charge in [-0.15, -0.1) is 0 Å². The van der Waals surface area contributed by atoms with E-state index in [-0.39, 0.29) is 23.9 Å². The van der Waals surface area contributed by atoms with E-state index in [1.807, 2.05) is 13.8 Å². The number of H-pyrrole nitrogens is 1. The van der Waals surface area contributed by atoms with Crippen molar-refractivity contribution in [2.24, 2.45) is 5.92 Å². The number of likely N-dealkylation sites (tertiary alicyclic amines) is 1. The van der Waals surface area contributed by atoms with Crippen LogP contribution in [0.1, 0.15) is 48.7 Å². The van der Waals surface area contributed by atoms with Crippen molar-refractivity contribution in [3.05, 3.63) is 33.7 Å². The number of carboxylic acid groups (broad SMARTS) is 1. The van der Waals surface area contributed by atoms with Crippen LogP contribution in [0, 0.1) is 5.92 Å². The molecule has 1 aromatic rings. The van der Waals surface area contributed by atoms with E-state index in [4.69, 9.17) is 5.11 Å². The van der Waals surface area contributed by atoms with Crippen molar-refractivity contribution >= 4 is 11.9 Å². The van der Waals surface area contributed by atoms with E-state index in [1.54, 1.807) is 6.07 Å². The van der Waals surface area contributed by atoms with E-state index in [2.05, 4.69) is 4.98 Å². The lowest BCUT2D eigenvalue weighted by atomic mass is 9.97. The van der Waals surface area contributed by atoms with E-state index in [0.717, 1.165) is 0 Å². The number of piperidine rings is 1. The summed E-state index contributed by atoms with van der Waals surface area (Å²) in [6, 6.07) is 2.96. The van der Waals surface area contributed by atoms with Gasteiger partial charge in [-0.3, -0.25) is 14.4 Å². The molecule has 1 aliphatic rings. The van der Waals surface area contributed by atoms with Crippen molar-refractivity contribution in [2.45, 2.75) is 32.6 Å². The first-order valence-electron chi connectivity index (χ1n) is 7.15. The van der Waals surface area contributed by atoms with Gasteiger partial charge in [-0.05, 0) is 24.8 Å². The fraction of sp³-hybridized carbons (Fsp3) is 0.533. The topological polar surface area (TPSA) is 90.5 Å². The summed E-state index contributed by atoms with van der Waals surface area (Å²) in [7, 11) is 0. The molecular weight excluding hydrogens is 272 g/mol. The van der Waals surface area contributed by atoms with Gasteiger partial charge in [0.15, 0.2) is 0 Å². The zero-order valence-electron chi connectivity index (χ0n) is 12.3. The molecule has 1 fully saturated rings. The Morgan fingerprint density at radius 2 is 2.10 bits per heavy atom. The maximum atomic E-state index is 12.5. The minimum absolute atomic E-state index is 0.110. The molecule has 2 heterocycles. The Morgan fingerprint density at radius 1 is 1.38 bits per heavy atom. The Balaban J connectivity index is 2.23. The molecule has 6 nitrogen and oxygen atoms in total. The lowest BCUT2D eigenvalue weighted by Crippen LogP contribution is -2.42. The smallest absolute Gasteiger partial charge is 0.308 e. The molecule has 1 atom stereocenters. The third kappa shape index (κ3) is 3.51. The Bertz CT molecular complexity index is 606. The maximum Gasteiger partial charge on any atom is 0.308 e. The van der Waals surface area contributed by atoms with Crippen molar-refractivity contribution in [1.29, 1.82) is 0 Å². The maximum absolute atomic E-state index is 12.5. The van der Waals surface area contributed by atoms with Crippen molar-refractivity contribution < 1.29 is 14.7 Å². The van der Waals surface area contributed by atoms with Crippen LogP contribution in [-0.2, 0) is 4.79 Å². The van der Waals surface area contributed by atoms with Crippen LogP contribution in [0.15, 0.2) is 16.9 Å². The predicted octanol–water partition coefficient (Wildman–Crippen LogP) is 1.44. The highest BCUT2D eigenvalue weighted by molar-refractivity contribution is 5.94. The van der Waals surface area contributed by atoms with Crippen LogP contribution in [-0.4, -0.2) is 40.0 Å². The molecule has 0 bridgehead atoms. The van der Waals surface area contributed by atoms with Gasteiger partial charge in [-0.2, -0.15) is 0 Å². The second-order valence-corrected chi connectivity index (χ2v) is 5.77. The summed E-state index contributed by atoms with van der Waals surface area (Å²) in [4.78, 5) is 39.4. The SMILES string of the molecule is CC(C)c1cc(C(=O)N2CCCC(C(=O)O)C2)cc(=O)[nH]1. The summed E-state index contributed by atoms with van der Waals surface area (Å²) in [5, 5.41) is 9.08. The Hall–Kier alpha value is -2.11. The highest BCUT2D eigenvalue weighted by Gasteiger charge is 2.28. The van der Waals surface area contributed by atoms with Gasteiger partial charge in [0.05, 0.1) is 5.92 Å². The highest BCUT2D eigenvalue weighted by Crippen LogP contribution is 2.19. The summed E-state index contributed by atoms with van der Waals surface area (Å²) in [6.45, 7) is 4.60. The molecular formula is C15H20N2O4. The Kier molecular flexibility index (Phi) is 4.45. The quantitative estimate of drug-likeness (QED) is 0.882. The molecule has 21 heavy (non-hydrogen) atoms. The third-order valence-corrected chi connectivity index (χ3v) is 3.79. The van der Waals surface area contributed by atoms with Crippen molar-refractivity contribution in [3.63, 3.8) is 0 Å². The molecule has 0 spiro atoms. The molecule has 114 valence electrons. The number of aromatic nitrogens is 1. The first kappa shape index (κ1) is 15.3. The zero-order chi connectivity index (χ0) is 15.6. The number of aromatic amines is 1. The van der Waals surface area contributed by atoms with Gasteiger partial charge in [-0.1, -0.05) is 13.8 Å². The van der Waals surface area contributed by atoms with Crippen LogP contribution in [0.4, 0.5) is 0 Å². The fourth-order valence-electron chi connectivity index (χ4n) is 2.55. The minimum Gasteiger partial charge on any atom is -0.481 e. The average Bonchev–Trinajstić information content (AvgIpc) is 2.45. The van der Waals surface area contributed by atoms with E-state index in [1.165, 1.54) is 11.0 Å². The second kappa shape index (κ2) is 6.11. The largest absolute Gasteiger partial charge is 0.481 e. The molecule has 0 saturated carbocycles. The molecule has 0 radical (unpaired) electrons. The normalized spacial score (nSPS) is 18.8. The van der Waals surface area contributed by atoms with E-state index >= 15 is 0 Å². The molecule has 6 heteroatoms. The zero-order valence-corrected chi connectivity index (χ0v) is 12.3. The molecule has 0 aromatic carbocycles. The van der Waals surface area contributed by atoms with Crippen LogP contribution >= 0.6 is 0 Å². The second-order valence-electron chi connectivity index (χ2n) is 5.77. The van der Waals surface area contributed by atoms with E-state index < -0.39 is 11.9 Å². The number of hydrogen-bond acceptors (Lipinski definition) is 3. The number of carboxylic acids is 1. The van der Waals surface area contributed by atoms with Gasteiger partial charge in [0, 0.05) is 30.4 Å². The average molecular weight is 292 g/mol. The predicted molar refractivity (Wildman–Crippen MR) is 77.4 cm³/mol. The number of carbonyl (C=O) groups excluding carboxylic acids is 1. The number of rotatable bonds is 3. The van der Waals surface area contributed by atoms with E-state index in [9.17, 15) is 14.4 Å². The standard InChI is InChI=1S/C15H20N2O4/c1-9(2)12-6-11(7-13(18)16-12)14(19)17-5-3-4-10(8-17)15(20)21/h6-7,9-10H,3-5,8H2,1-2H3,(H,16,18)(H,20,21). The molecule has 0 aliphatic carbocycles. The fourth-order valence-corrected chi connectivity index (χ4v) is 2.55. The van der Waals surface area contributed by atoms with Crippen LogP contribution in [0.2, 0.25) is 0 Å². The van der Waals surface area contributed by atoms with Gasteiger partial charge in [0.25, 0.3) is 5.91 Å². The number of hydrogen-bond donors (Lipinski definition) is 2.